The fourth-order valence-corrected chi connectivity index (χ4v) is 3.08. The van der Waals surface area contributed by atoms with Gasteiger partial charge in [0, 0.05) is 13.0 Å². The zero-order valence-corrected chi connectivity index (χ0v) is 14.2. The molecule has 0 bridgehead atoms. The molecular formula is C17H35N3O. The Labute approximate surface area is 130 Å². The molecular weight excluding hydrogens is 262 g/mol. The molecule has 1 fully saturated rings. The van der Waals surface area contributed by atoms with Crippen molar-refractivity contribution in [3.63, 3.8) is 0 Å². The monoisotopic (exact) mass is 297 g/mol. The average Bonchev–Trinajstić information content (AvgIpc) is 2.44. The maximum Gasteiger partial charge on any atom is 0.220 e. The minimum absolute atomic E-state index is 0.165. The minimum Gasteiger partial charge on any atom is -0.356 e. The highest BCUT2D eigenvalue weighted by Crippen LogP contribution is 2.16. The summed E-state index contributed by atoms with van der Waals surface area (Å²) in [5.41, 5.74) is 5.75. The molecule has 3 N–H and O–H groups in total. The van der Waals surface area contributed by atoms with Gasteiger partial charge in [0.15, 0.2) is 0 Å². The summed E-state index contributed by atoms with van der Waals surface area (Å²) in [6.07, 6.45) is 5.31. The molecule has 0 aromatic heterocycles. The second kappa shape index (κ2) is 10.2. The van der Waals surface area contributed by atoms with Crippen LogP contribution in [0.25, 0.3) is 0 Å². The van der Waals surface area contributed by atoms with Crippen LogP contribution in [0.1, 0.15) is 52.9 Å². The summed E-state index contributed by atoms with van der Waals surface area (Å²) in [6.45, 7) is 11.7. The molecule has 1 saturated heterocycles. The number of amides is 1. The molecule has 4 heteroatoms. The summed E-state index contributed by atoms with van der Waals surface area (Å²) >= 11 is 0. The van der Waals surface area contributed by atoms with Gasteiger partial charge in [-0.25, -0.2) is 0 Å². The van der Waals surface area contributed by atoms with Gasteiger partial charge in [-0.15, -0.1) is 0 Å². The van der Waals surface area contributed by atoms with Crippen LogP contribution in [0.2, 0.25) is 0 Å². The van der Waals surface area contributed by atoms with Gasteiger partial charge >= 0.3 is 0 Å². The van der Waals surface area contributed by atoms with E-state index in [0.29, 0.717) is 24.8 Å². The van der Waals surface area contributed by atoms with Crippen molar-refractivity contribution in [2.45, 2.75) is 52.9 Å². The Bertz CT molecular complexity index is 286. The molecule has 4 nitrogen and oxygen atoms in total. The van der Waals surface area contributed by atoms with Gasteiger partial charge in [-0.05, 0) is 69.6 Å². The quantitative estimate of drug-likeness (QED) is 0.642. The summed E-state index contributed by atoms with van der Waals surface area (Å²) in [6, 6.07) is 0. The molecule has 0 aromatic rings. The number of nitrogens with zero attached hydrogens (tertiary/aromatic N) is 1. The van der Waals surface area contributed by atoms with Gasteiger partial charge in [-0.3, -0.25) is 4.79 Å². The van der Waals surface area contributed by atoms with Crippen LogP contribution in [0.5, 0.6) is 0 Å². The van der Waals surface area contributed by atoms with Crippen LogP contribution in [-0.2, 0) is 4.79 Å². The molecule has 0 spiro atoms. The van der Waals surface area contributed by atoms with Crippen LogP contribution in [0, 0.1) is 17.8 Å². The molecule has 1 heterocycles. The molecule has 1 aliphatic rings. The van der Waals surface area contributed by atoms with Crippen LogP contribution in [-0.4, -0.2) is 43.5 Å². The lowest BCUT2D eigenvalue weighted by Gasteiger charge is -2.30. The lowest BCUT2D eigenvalue weighted by molar-refractivity contribution is -0.122. The third kappa shape index (κ3) is 8.42. The number of carbonyl (C=O) groups is 1. The standard InChI is InChI=1S/C17H35N3O/c1-14(2)11-16(13-18)12-17(21)19-7-4-8-20-9-5-15(3)6-10-20/h14-16H,4-13,18H2,1-3H3,(H,19,21). The highest BCUT2D eigenvalue weighted by atomic mass is 16.1. The van der Waals surface area contributed by atoms with Crippen LogP contribution >= 0.6 is 0 Å². The van der Waals surface area contributed by atoms with Crippen molar-refractivity contribution in [2.75, 3.05) is 32.7 Å². The van der Waals surface area contributed by atoms with Gasteiger partial charge in [0.25, 0.3) is 0 Å². The number of carbonyl (C=O) groups excluding carboxylic acids is 1. The maximum atomic E-state index is 11.9. The number of nitrogens with two attached hydrogens (primary N) is 1. The van der Waals surface area contributed by atoms with E-state index in [0.717, 1.165) is 31.8 Å². The lowest BCUT2D eigenvalue weighted by Crippen LogP contribution is -2.36. The summed E-state index contributed by atoms with van der Waals surface area (Å²) in [4.78, 5) is 14.4. The molecule has 124 valence electrons. The molecule has 1 unspecified atom stereocenters. The van der Waals surface area contributed by atoms with Crippen molar-refractivity contribution < 1.29 is 4.79 Å². The SMILES string of the molecule is CC(C)CC(CN)CC(=O)NCCCN1CCC(C)CC1. The Balaban J connectivity index is 2.07. The van der Waals surface area contributed by atoms with Gasteiger partial charge in [0.2, 0.25) is 5.91 Å². The first-order valence-corrected chi connectivity index (χ1v) is 8.70. The zero-order valence-electron chi connectivity index (χ0n) is 14.2. The van der Waals surface area contributed by atoms with Crippen LogP contribution in [0.4, 0.5) is 0 Å². The van der Waals surface area contributed by atoms with Crippen molar-refractivity contribution in [1.29, 1.82) is 0 Å². The Morgan fingerprint density at radius 2 is 2.00 bits per heavy atom. The molecule has 0 aromatic carbocycles. The molecule has 1 rings (SSSR count). The topological polar surface area (TPSA) is 58.4 Å². The van der Waals surface area contributed by atoms with Crippen molar-refractivity contribution in [3.8, 4) is 0 Å². The Hall–Kier alpha value is -0.610. The number of piperidine rings is 1. The van der Waals surface area contributed by atoms with Crippen molar-refractivity contribution in [3.05, 3.63) is 0 Å². The molecule has 1 atom stereocenters. The van der Waals surface area contributed by atoms with Crippen molar-refractivity contribution in [1.82, 2.24) is 10.2 Å². The Morgan fingerprint density at radius 3 is 2.57 bits per heavy atom. The van der Waals surface area contributed by atoms with E-state index in [1.807, 2.05) is 0 Å². The van der Waals surface area contributed by atoms with Crippen LogP contribution < -0.4 is 11.1 Å². The number of likely N-dealkylation sites (tertiary alicyclic amines) is 1. The molecule has 21 heavy (non-hydrogen) atoms. The van der Waals surface area contributed by atoms with Crippen LogP contribution in [0.15, 0.2) is 0 Å². The third-order valence-corrected chi connectivity index (χ3v) is 4.46. The zero-order chi connectivity index (χ0) is 15.7. The second-order valence-corrected chi connectivity index (χ2v) is 7.16. The number of rotatable bonds is 9. The second-order valence-electron chi connectivity index (χ2n) is 7.16. The predicted molar refractivity (Wildman–Crippen MR) is 89.1 cm³/mol. The molecule has 0 saturated carbocycles. The molecule has 0 radical (unpaired) electrons. The maximum absolute atomic E-state index is 11.9. The largest absolute Gasteiger partial charge is 0.356 e. The predicted octanol–water partition coefficient (Wildman–Crippen LogP) is 2.24. The van der Waals surface area contributed by atoms with Crippen molar-refractivity contribution in [2.24, 2.45) is 23.5 Å². The van der Waals surface area contributed by atoms with E-state index in [1.165, 1.54) is 25.9 Å². The number of hydrogen-bond donors (Lipinski definition) is 2. The van der Waals surface area contributed by atoms with E-state index in [2.05, 4.69) is 31.0 Å². The first-order chi connectivity index (χ1) is 10.0. The van der Waals surface area contributed by atoms with E-state index in [9.17, 15) is 4.79 Å². The molecule has 1 aliphatic heterocycles. The van der Waals surface area contributed by atoms with Crippen LogP contribution in [0.3, 0.4) is 0 Å². The Kier molecular flexibility index (Phi) is 8.93. The van der Waals surface area contributed by atoms with E-state index < -0.39 is 0 Å². The lowest BCUT2D eigenvalue weighted by atomic mass is 9.94. The fraction of sp³-hybridized carbons (Fsp3) is 0.941. The first-order valence-electron chi connectivity index (χ1n) is 8.70. The normalized spacial score (nSPS) is 18.9. The average molecular weight is 297 g/mol. The Morgan fingerprint density at radius 1 is 1.33 bits per heavy atom. The summed E-state index contributed by atoms with van der Waals surface area (Å²) in [7, 11) is 0. The summed E-state index contributed by atoms with van der Waals surface area (Å²) < 4.78 is 0. The highest BCUT2D eigenvalue weighted by molar-refractivity contribution is 5.76. The summed E-state index contributed by atoms with van der Waals surface area (Å²) in [5.74, 6) is 1.98. The first kappa shape index (κ1) is 18.4. The van der Waals surface area contributed by atoms with Gasteiger partial charge in [0.1, 0.15) is 0 Å². The fourth-order valence-electron chi connectivity index (χ4n) is 3.08. The van der Waals surface area contributed by atoms with Gasteiger partial charge < -0.3 is 16.0 Å². The van der Waals surface area contributed by atoms with E-state index in [4.69, 9.17) is 5.73 Å². The van der Waals surface area contributed by atoms with E-state index in [-0.39, 0.29) is 5.91 Å². The van der Waals surface area contributed by atoms with Gasteiger partial charge in [-0.1, -0.05) is 20.8 Å². The van der Waals surface area contributed by atoms with Gasteiger partial charge in [-0.2, -0.15) is 0 Å². The van der Waals surface area contributed by atoms with E-state index >= 15 is 0 Å². The van der Waals surface area contributed by atoms with Gasteiger partial charge in [0.05, 0.1) is 0 Å². The van der Waals surface area contributed by atoms with E-state index in [1.54, 1.807) is 0 Å². The number of nitrogens with one attached hydrogen (secondary N) is 1. The highest BCUT2D eigenvalue weighted by Gasteiger charge is 2.16. The van der Waals surface area contributed by atoms with Crippen molar-refractivity contribution >= 4 is 5.91 Å². The minimum atomic E-state index is 0.165. The summed E-state index contributed by atoms with van der Waals surface area (Å²) in [5, 5.41) is 3.05. The smallest absolute Gasteiger partial charge is 0.220 e. The molecule has 1 amide bonds. The third-order valence-electron chi connectivity index (χ3n) is 4.46. The molecule has 0 aliphatic carbocycles. The number of hydrogen-bond acceptors (Lipinski definition) is 3.